The molecule has 0 N–H and O–H groups in total. The van der Waals surface area contributed by atoms with Gasteiger partial charge in [-0.15, -0.1) is 5.10 Å². The van der Waals surface area contributed by atoms with E-state index in [9.17, 15) is 0 Å². The van der Waals surface area contributed by atoms with Gasteiger partial charge in [-0.3, -0.25) is 0 Å². The molecule has 6 heteroatoms. The fourth-order valence-electron chi connectivity index (χ4n) is 2.13. The monoisotopic (exact) mass is 284 g/mol. The van der Waals surface area contributed by atoms with Crippen LogP contribution in [0.15, 0.2) is 36.5 Å². The van der Waals surface area contributed by atoms with Crippen LogP contribution in [0.3, 0.4) is 0 Å². The van der Waals surface area contributed by atoms with E-state index in [1.165, 1.54) is 0 Å². The summed E-state index contributed by atoms with van der Waals surface area (Å²) in [6.45, 7) is 2.99. The number of ether oxygens (including phenoxy) is 2. The Hall–Kier alpha value is -2.47. The first-order valence-corrected chi connectivity index (χ1v) is 6.74. The van der Waals surface area contributed by atoms with Gasteiger partial charge in [-0.25, -0.2) is 4.98 Å². The second-order valence-corrected chi connectivity index (χ2v) is 4.46. The lowest BCUT2D eigenvalue weighted by Gasteiger charge is -2.06. The first-order chi connectivity index (χ1) is 10.3. The predicted octanol–water partition coefficient (Wildman–Crippen LogP) is 2.34. The smallest absolute Gasteiger partial charge is 0.253 e. The van der Waals surface area contributed by atoms with Crippen LogP contribution in [-0.4, -0.2) is 33.3 Å². The molecule has 2 heterocycles. The van der Waals surface area contributed by atoms with E-state index >= 15 is 0 Å². The molecule has 21 heavy (non-hydrogen) atoms. The van der Waals surface area contributed by atoms with E-state index in [0.717, 1.165) is 17.0 Å². The van der Waals surface area contributed by atoms with Crippen molar-refractivity contribution < 1.29 is 9.47 Å². The van der Waals surface area contributed by atoms with Gasteiger partial charge in [-0.2, -0.15) is 9.50 Å². The van der Waals surface area contributed by atoms with Gasteiger partial charge in [-0.05, 0) is 37.3 Å². The highest BCUT2D eigenvalue weighted by molar-refractivity contribution is 5.62. The molecule has 3 aromatic rings. The second-order valence-electron chi connectivity index (χ2n) is 4.46. The van der Waals surface area contributed by atoms with Crippen molar-refractivity contribution in [3.63, 3.8) is 0 Å². The van der Waals surface area contributed by atoms with Gasteiger partial charge in [0.25, 0.3) is 5.78 Å². The molecule has 0 fully saturated rings. The molecule has 0 aliphatic heterocycles. The van der Waals surface area contributed by atoms with Crippen molar-refractivity contribution in [1.82, 2.24) is 19.6 Å². The normalized spacial score (nSPS) is 11.0. The van der Waals surface area contributed by atoms with E-state index in [1.807, 2.05) is 37.3 Å². The minimum absolute atomic E-state index is 0.367. The third-order valence-electron chi connectivity index (χ3n) is 3.02. The fraction of sp³-hybridized carbons (Fsp3) is 0.267. The highest BCUT2D eigenvalue weighted by atomic mass is 16.5. The maximum Gasteiger partial charge on any atom is 0.253 e. The van der Waals surface area contributed by atoms with Crippen LogP contribution in [0.5, 0.6) is 5.75 Å². The van der Waals surface area contributed by atoms with Crippen LogP contribution < -0.4 is 4.74 Å². The molecule has 0 bridgehead atoms. The first kappa shape index (κ1) is 13.5. The maximum absolute atomic E-state index is 5.46. The fourth-order valence-corrected chi connectivity index (χ4v) is 2.13. The van der Waals surface area contributed by atoms with Gasteiger partial charge >= 0.3 is 0 Å². The van der Waals surface area contributed by atoms with Crippen molar-refractivity contribution in [3.8, 4) is 17.0 Å². The standard InChI is InChI=1S/C15H16N4O2/c1-3-21-12-6-4-11(5-7-12)13-8-9-16-15-17-14(10-20-2)18-19(13)15/h4-9H,3,10H2,1-2H3. The number of hydrogen-bond acceptors (Lipinski definition) is 5. The third kappa shape index (κ3) is 2.71. The van der Waals surface area contributed by atoms with Crippen LogP contribution in [0, 0.1) is 0 Å². The van der Waals surface area contributed by atoms with Crippen molar-refractivity contribution in [2.75, 3.05) is 13.7 Å². The second kappa shape index (κ2) is 5.88. The molecule has 3 rings (SSSR count). The number of rotatable bonds is 5. The van der Waals surface area contributed by atoms with E-state index in [4.69, 9.17) is 9.47 Å². The maximum atomic E-state index is 5.46. The molecule has 0 saturated carbocycles. The number of aromatic nitrogens is 4. The SMILES string of the molecule is CCOc1ccc(-c2ccnc3nc(COC)nn23)cc1. The van der Waals surface area contributed by atoms with Crippen molar-refractivity contribution >= 4 is 5.78 Å². The lowest BCUT2D eigenvalue weighted by atomic mass is 10.1. The topological polar surface area (TPSA) is 61.5 Å². The zero-order valence-corrected chi connectivity index (χ0v) is 12.0. The summed E-state index contributed by atoms with van der Waals surface area (Å²) >= 11 is 0. The Morgan fingerprint density at radius 2 is 1.95 bits per heavy atom. The van der Waals surface area contributed by atoms with Gasteiger partial charge in [0.2, 0.25) is 0 Å². The molecule has 6 nitrogen and oxygen atoms in total. The molecule has 0 atom stereocenters. The zero-order valence-electron chi connectivity index (χ0n) is 12.0. The molecule has 1 aromatic carbocycles. The average molecular weight is 284 g/mol. The molecule has 0 radical (unpaired) electrons. The van der Waals surface area contributed by atoms with Gasteiger partial charge in [-0.1, -0.05) is 0 Å². The molecule has 2 aromatic heterocycles. The lowest BCUT2D eigenvalue weighted by Crippen LogP contribution is -1.97. The number of fused-ring (bicyclic) bond motifs is 1. The van der Waals surface area contributed by atoms with Crippen LogP contribution in [0.25, 0.3) is 17.0 Å². The first-order valence-electron chi connectivity index (χ1n) is 6.74. The van der Waals surface area contributed by atoms with Crippen LogP contribution in [0.1, 0.15) is 12.7 Å². The molecule has 0 saturated heterocycles. The molecule has 0 unspecified atom stereocenters. The van der Waals surface area contributed by atoms with Crippen molar-refractivity contribution in [3.05, 3.63) is 42.4 Å². The van der Waals surface area contributed by atoms with E-state index in [1.54, 1.807) is 17.8 Å². The van der Waals surface area contributed by atoms with Gasteiger partial charge in [0, 0.05) is 18.9 Å². The minimum atomic E-state index is 0.367. The summed E-state index contributed by atoms with van der Waals surface area (Å²) in [6.07, 6.45) is 1.73. The quantitative estimate of drug-likeness (QED) is 0.719. The number of hydrogen-bond donors (Lipinski definition) is 0. The molecular weight excluding hydrogens is 268 g/mol. The highest BCUT2D eigenvalue weighted by Gasteiger charge is 2.09. The Kier molecular flexibility index (Phi) is 3.79. The molecular formula is C15H16N4O2. The minimum Gasteiger partial charge on any atom is -0.494 e. The molecule has 0 aliphatic rings. The number of nitrogens with zero attached hydrogens (tertiary/aromatic N) is 4. The summed E-state index contributed by atoms with van der Waals surface area (Å²) in [5.74, 6) is 2.03. The zero-order chi connectivity index (χ0) is 14.7. The summed E-state index contributed by atoms with van der Waals surface area (Å²) < 4.78 is 12.2. The molecule has 0 aliphatic carbocycles. The van der Waals surface area contributed by atoms with E-state index < -0.39 is 0 Å². The summed E-state index contributed by atoms with van der Waals surface area (Å²) in [6, 6.07) is 9.79. The van der Waals surface area contributed by atoms with Crippen LogP contribution in [0.2, 0.25) is 0 Å². The van der Waals surface area contributed by atoms with Crippen LogP contribution >= 0.6 is 0 Å². The summed E-state index contributed by atoms with van der Waals surface area (Å²) in [4.78, 5) is 8.55. The number of benzene rings is 1. The Morgan fingerprint density at radius 3 is 2.67 bits per heavy atom. The van der Waals surface area contributed by atoms with E-state index in [2.05, 4.69) is 15.1 Å². The number of methoxy groups -OCH3 is 1. The van der Waals surface area contributed by atoms with Gasteiger partial charge in [0.05, 0.1) is 12.3 Å². The Labute approximate surface area is 122 Å². The summed E-state index contributed by atoms with van der Waals surface area (Å²) in [5.41, 5.74) is 1.96. The average Bonchev–Trinajstić information content (AvgIpc) is 2.91. The van der Waals surface area contributed by atoms with E-state index in [-0.39, 0.29) is 0 Å². The van der Waals surface area contributed by atoms with Gasteiger partial charge < -0.3 is 9.47 Å². The predicted molar refractivity (Wildman–Crippen MR) is 78.1 cm³/mol. The van der Waals surface area contributed by atoms with E-state index in [0.29, 0.717) is 24.8 Å². The van der Waals surface area contributed by atoms with Crippen molar-refractivity contribution in [1.29, 1.82) is 0 Å². The van der Waals surface area contributed by atoms with Crippen molar-refractivity contribution in [2.24, 2.45) is 0 Å². The van der Waals surface area contributed by atoms with Crippen molar-refractivity contribution in [2.45, 2.75) is 13.5 Å². The Bertz CT molecular complexity index is 737. The molecule has 108 valence electrons. The van der Waals surface area contributed by atoms with Gasteiger partial charge in [0.1, 0.15) is 12.4 Å². The largest absolute Gasteiger partial charge is 0.494 e. The summed E-state index contributed by atoms with van der Waals surface area (Å²) in [7, 11) is 1.62. The molecule has 0 amide bonds. The molecule has 0 spiro atoms. The Morgan fingerprint density at radius 1 is 1.14 bits per heavy atom. The third-order valence-corrected chi connectivity index (χ3v) is 3.02. The van der Waals surface area contributed by atoms with Gasteiger partial charge in [0.15, 0.2) is 5.82 Å². The van der Waals surface area contributed by atoms with Crippen LogP contribution in [-0.2, 0) is 11.3 Å². The summed E-state index contributed by atoms with van der Waals surface area (Å²) in [5, 5.41) is 4.42. The van der Waals surface area contributed by atoms with Crippen LogP contribution in [0.4, 0.5) is 0 Å². The lowest BCUT2D eigenvalue weighted by molar-refractivity contribution is 0.178. The highest BCUT2D eigenvalue weighted by Crippen LogP contribution is 2.22. The Balaban J connectivity index is 2.02.